The zero-order valence-electron chi connectivity index (χ0n) is 11.1. The maximum Gasteiger partial charge on any atom is 0.358 e. The van der Waals surface area contributed by atoms with Crippen LogP contribution in [0.5, 0.6) is 0 Å². The van der Waals surface area contributed by atoms with Gasteiger partial charge in [0.25, 0.3) is 0 Å². The minimum Gasteiger partial charge on any atom is -0.476 e. The number of aliphatic hydroxyl groups is 4. The smallest absolute Gasteiger partial charge is 0.358 e. The zero-order chi connectivity index (χ0) is 15.8. The molecule has 0 fully saturated rings. The first-order valence-corrected chi connectivity index (χ1v) is 6.13. The van der Waals surface area contributed by atoms with Crippen molar-refractivity contribution in [3.8, 4) is 0 Å². The average Bonchev–Trinajstić information content (AvgIpc) is 2.50. The highest BCUT2D eigenvalue weighted by Gasteiger charge is 2.16. The molecular formula is C11H18N4O6. The van der Waals surface area contributed by atoms with Crippen molar-refractivity contribution in [3.05, 3.63) is 11.9 Å². The summed E-state index contributed by atoms with van der Waals surface area (Å²) in [6.45, 7) is -1.01. The van der Waals surface area contributed by atoms with Crippen molar-refractivity contribution in [3.63, 3.8) is 0 Å². The first-order chi connectivity index (χ1) is 9.97. The van der Waals surface area contributed by atoms with Crippen molar-refractivity contribution in [1.82, 2.24) is 9.97 Å². The van der Waals surface area contributed by atoms with Crippen LogP contribution >= 0.6 is 0 Å². The molecule has 10 heteroatoms. The number of carboxylic acid groups (broad SMARTS) is 1. The Labute approximate surface area is 120 Å². The average molecular weight is 302 g/mol. The number of rotatable bonds is 9. The molecule has 21 heavy (non-hydrogen) atoms. The molecule has 10 nitrogen and oxygen atoms in total. The maximum atomic E-state index is 11.1. The van der Waals surface area contributed by atoms with E-state index in [4.69, 9.17) is 15.3 Å². The van der Waals surface area contributed by atoms with E-state index >= 15 is 0 Å². The fourth-order valence-electron chi connectivity index (χ4n) is 1.32. The van der Waals surface area contributed by atoms with Gasteiger partial charge in [-0.25, -0.2) is 14.8 Å². The van der Waals surface area contributed by atoms with Crippen molar-refractivity contribution in [2.45, 2.75) is 12.2 Å². The molecular weight excluding hydrogens is 284 g/mol. The zero-order valence-corrected chi connectivity index (χ0v) is 11.1. The Morgan fingerprint density at radius 2 is 1.71 bits per heavy atom. The maximum absolute atomic E-state index is 11.1. The molecule has 1 rings (SSSR count). The Bertz CT molecular complexity index is 472. The van der Waals surface area contributed by atoms with Crippen LogP contribution in [0.15, 0.2) is 6.20 Å². The molecule has 0 amide bonds. The van der Waals surface area contributed by atoms with E-state index in [2.05, 4.69) is 20.6 Å². The van der Waals surface area contributed by atoms with Crippen LogP contribution in [0.25, 0.3) is 0 Å². The van der Waals surface area contributed by atoms with Crippen LogP contribution in [-0.2, 0) is 0 Å². The van der Waals surface area contributed by atoms with Gasteiger partial charge in [0.15, 0.2) is 11.5 Å². The van der Waals surface area contributed by atoms with E-state index in [1.54, 1.807) is 0 Å². The Balaban J connectivity index is 2.79. The summed E-state index contributed by atoms with van der Waals surface area (Å²) in [4.78, 5) is 18.8. The van der Waals surface area contributed by atoms with Gasteiger partial charge in [0.05, 0.1) is 31.6 Å². The molecule has 0 aliphatic rings. The van der Waals surface area contributed by atoms with Crippen LogP contribution in [0.1, 0.15) is 10.5 Å². The summed E-state index contributed by atoms with van der Waals surface area (Å²) in [7, 11) is 0. The number of aromatic nitrogens is 2. The second-order valence-electron chi connectivity index (χ2n) is 4.19. The van der Waals surface area contributed by atoms with Gasteiger partial charge >= 0.3 is 5.97 Å². The van der Waals surface area contributed by atoms with E-state index in [1.165, 1.54) is 6.20 Å². The van der Waals surface area contributed by atoms with Gasteiger partial charge in [-0.05, 0) is 0 Å². The number of aliphatic hydroxyl groups excluding tert-OH is 4. The highest BCUT2D eigenvalue weighted by Crippen LogP contribution is 2.13. The first-order valence-electron chi connectivity index (χ1n) is 6.13. The third-order valence-electron chi connectivity index (χ3n) is 2.42. The van der Waals surface area contributed by atoms with Crippen LogP contribution in [0.4, 0.5) is 11.6 Å². The van der Waals surface area contributed by atoms with Crippen molar-refractivity contribution in [2.24, 2.45) is 0 Å². The summed E-state index contributed by atoms with van der Waals surface area (Å²) in [5, 5.41) is 50.0. The van der Waals surface area contributed by atoms with Gasteiger partial charge in [-0.2, -0.15) is 0 Å². The number of hydrogen-bond acceptors (Lipinski definition) is 9. The summed E-state index contributed by atoms with van der Waals surface area (Å²) in [5.74, 6) is -1.26. The number of hydrogen-bond donors (Lipinski definition) is 7. The number of carbonyl (C=O) groups is 1. The SMILES string of the molecule is O=C(O)c1nc(NCC(O)CO)cnc1NCC(O)CO. The monoisotopic (exact) mass is 302 g/mol. The topological polar surface area (TPSA) is 168 Å². The summed E-state index contributed by atoms with van der Waals surface area (Å²) in [5.41, 5.74) is -0.372. The van der Waals surface area contributed by atoms with Gasteiger partial charge in [0.1, 0.15) is 5.82 Å². The molecule has 2 unspecified atom stereocenters. The molecule has 0 saturated heterocycles. The van der Waals surface area contributed by atoms with Crippen LogP contribution < -0.4 is 10.6 Å². The molecule has 0 aromatic carbocycles. The van der Waals surface area contributed by atoms with E-state index in [1.807, 2.05) is 0 Å². The predicted octanol–water partition coefficient (Wildman–Crippen LogP) is -2.29. The number of carboxylic acids is 1. The molecule has 118 valence electrons. The molecule has 1 aromatic heterocycles. The molecule has 2 atom stereocenters. The van der Waals surface area contributed by atoms with Gasteiger partial charge in [-0.1, -0.05) is 0 Å². The molecule has 1 heterocycles. The summed E-state index contributed by atoms with van der Waals surface area (Å²) in [6, 6.07) is 0. The largest absolute Gasteiger partial charge is 0.476 e. The van der Waals surface area contributed by atoms with Crippen LogP contribution in [0.2, 0.25) is 0 Å². The lowest BCUT2D eigenvalue weighted by Crippen LogP contribution is -2.25. The quantitative estimate of drug-likeness (QED) is 0.263. The van der Waals surface area contributed by atoms with Gasteiger partial charge in [0, 0.05) is 13.1 Å². The van der Waals surface area contributed by atoms with Crippen molar-refractivity contribution >= 4 is 17.6 Å². The lowest BCUT2D eigenvalue weighted by Gasteiger charge is -2.13. The third kappa shape index (κ3) is 5.47. The summed E-state index contributed by atoms with van der Waals surface area (Å²) >= 11 is 0. The van der Waals surface area contributed by atoms with Crippen molar-refractivity contribution < 1.29 is 30.3 Å². The van der Waals surface area contributed by atoms with Crippen LogP contribution in [-0.4, -0.2) is 80.0 Å². The minimum atomic E-state index is -1.32. The van der Waals surface area contributed by atoms with E-state index in [9.17, 15) is 15.0 Å². The molecule has 0 spiro atoms. The normalized spacial score (nSPS) is 13.5. The molecule has 0 aliphatic heterocycles. The molecule has 0 radical (unpaired) electrons. The first kappa shape index (κ1) is 17.0. The molecule has 0 bridgehead atoms. The Morgan fingerprint density at radius 1 is 1.14 bits per heavy atom. The van der Waals surface area contributed by atoms with Gasteiger partial charge < -0.3 is 36.2 Å². The number of nitrogens with one attached hydrogen (secondary N) is 2. The second-order valence-corrected chi connectivity index (χ2v) is 4.19. The van der Waals surface area contributed by atoms with Crippen LogP contribution in [0, 0.1) is 0 Å². The van der Waals surface area contributed by atoms with Gasteiger partial charge in [-0.3, -0.25) is 0 Å². The molecule has 7 N–H and O–H groups in total. The van der Waals surface area contributed by atoms with E-state index in [0.29, 0.717) is 0 Å². The lowest BCUT2D eigenvalue weighted by atomic mass is 10.3. The Morgan fingerprint density at radius 3 is 2.24 bits per heavy atom. The summed E-state index contributed by atoms with van der Waals surface area (Å²) in [6.07, 6.45) is -0.812. The number of aromatic carboxylic acids is 1. The van der Waals surface area contributed by atoms with E-state index in [0.717, 1.165) is 0 Å². The standard InChI is InChI=1S/C11H18N4O6/c16-4-6(18)1-12-8-3-14-10(9(15-8)11(20)21)13-2-7(19)5-17/h3,6-7,16-19H,1-2,4-5H2,(H,12,15)(H,13,14)(H,20,21). The van der Waals surface area contributed by atoms with Crippen LogP contribution in [0.3, 0.4) is 0 Å². The Kier molecular flexibility index (Phi) is 6.75. The fourth-order valence-corrected chi connectivity index (χ4v) is 1.32. The second kappa shape index (κ2) is 8.32. The van der Waals surface area contributed by atoms with Crippen molar-refractivity contribution in [1.29, 1.82) is 0 Å². The minimum absolute atomic E-state index is 0.0137. The number of nitrogens with zero attached hydrogens (tertiary/aromatic N) is 2. The highest BCUT2D eigenvalue weighted by atomic mass is 16.4. The number of anilines is 2. The Hall–Kier alpha value is -2.01. The lowest BCUT2D eigenvalue weighted by molar-refractivity contribution is 0.0691. The molecule has 0 aliphatic carbocycles. The van der Waals surface area contributed by atoms with E-state index < -0.39 is 31.4 Å². The van der Waals surface area contributed by atoms with Crippen molar-refractivity contribution in [2.75, 3.05) is 36.9 Å². The molecule has 1 aromatic rings. The predicted molar refractivity (Wildman–Crippen MR) is 72.2 cm³/mol. The van der Waals surface area contributed by atoms with E-state index in [-0.39, 0.29) is 30.4 Å². The highest BCUT2D eigenvalue weighted by molar-refractivity contribution is 5.91. The van der Waals surface area contributed by atoms with Gasteiger partial charge in [0.2, 0.25) is 0 Å². The van der Waals surface area contributed by atoms with Gasteiger partial charge in [-0.15, -0.1) is 0 Å². The fraction of sp³-hybridized carbons (Fsp3) is 0.545. The molecule has 0 saturated carbocycles. The summed E-state index contributed by atoms with van der Waals surface area (Å²) < 4.78 is 0. The third-order valence-corrected chi connectivity index (χ3v) is 2.42.